The second-order valence-corrected chi connectivity index (χ2v) is 5.44. The highest BCUT2D eigenvalue weighted by atomic mass is 16.4. The van der Waals surface area contributed by atoms with Crippen molar-refractivity contribution in [2.75, 3.05) is 6.54 Å². The number of rotatable bonds is 5. The van der Waals surface area contributed by atoms with Crippen LogP contribution in [0.1, 0.15) is 31.3 Å². The molecule has 19 heavy (non-hydrogen) atoms. The SMILES string of the molecule is CC(C)(C)C(N)C(=O)NCCn1cnc(C(=O)O)c1. The number of imidazole rings is 1. The Labute approximate surface area is 111 Å². The number of hydrogen-bond acceptors (Lipinski definition) is 4. The van der Waals surface area contributed by atoms with E-state index in [1.165, 1.54) is 12.5 Å². The fraction of sp³-hybridized carbons (Fsp3) is 0.583. The van der Waals surface area contributed by atoms with Crippen molar-refractivity contribution in [3.8, 4) is 0 Å². The number of carbonyl (C=O) groups is 2. The van der Waals surface area contributed by atoms with E-state index in [0.29, 0.717) is 13.1 Å². The van der Waals surface area contributed by atoms with Crippen LogP contribution in [0.4, 0.5) is 0 Å². The summed E-state index contributed by atoms with van der Waals surface area (Å²) in [5.41, 5.74) is 5.50. The van der Waals surface area contributed by atoms with Gasteiger partial charge in [-0.2, -0.15) is 0 Å². The summed E-state index contributed by atoms with van der Waals surface area (Å²) < 4.78 is 1.60. The summed E-state index contributed by atoms with van der Waals surface area (Å²) >= 11 is 0. The highest BCUT2D eigenvalue weighted by molar-refractivity contribution is 5.84. The number of nitrogens with one attached hydrogen (secondary N) is 1. The molecule has 1 aromatic rings. The Hall–Kier alpha value is -1.89. The van der Waals surface area contributed by atoms with E-state index in [-0.39, 0.29) is 17.0 Å². The molecule has 7 heteroatoms. The Balaban J connectivity index is 2.42. The molecule has 7 nitrogen and oxygen atoms in total. The maximum Gasteiger partial charge on any atom is 0.356 e. The van der Waals surface area contributed by atoms with Crippen LogP contribution in [0.2, 0.25) is 0 Å². The molecule has 1 amide bonds. The molecular weight excluding hydrogens is 248 g/mol. The van der Waals surface area contributed by atoms with Crippen LogP contribution in [0.3, 0.4) is 0 Å². The maximum atomic E-state index is 11.7. The highest BCUT2D eigenvalue weighted by Gasteiger charge is 2.26. The van der Waals surface area contributed by atoms with Gasteiger partial charge in [0.15, 0.2) is 5.69 Å². The lowest BCUT2D eigenvalue weighted by Gasteiger charge is -2.25. The molecule has 0 aliphatic carbocycles. The molecule has 0 aliphatic rings. The lowest BCUT2D eigenvalue weighted by Crippen LogP contribution is -2.49. The Morgan fingerprint density at radius 1 is 1.53 bits per heavy atom. The maximum absolute atomic E-state index is 11.7. The first-order chi connectivity index (χ1) is 8.71. The van der Waals surface area contributed by atoms with Gasteiger partial charge in [0.25, 0.3) is 0 Å². The molecule has 4 N–H and O–H groups in total. The largest absolute Gasteiger partial charge is 0.476 e. The molecule has 0 spiro atoms. The Morgan fingerprint density at radius 2 is 2.16 bits per heavy atom. The molecule has 1 rings (SSSR count). The minimum absolute atomic E-state index is 0.0160. The van der Waals surface area contributed by atoms with E-state index in [4.69, 9.17) is 10.8 Å². The lowest BCUT2D eigenvalue weighted by atomic mass is 9.87. The van der Waals surface area contributed by atoms with Gasteiger partial charge in [-0.1, -0.05) is 20.8 Å². The van der Waals surface area contributed by atoms with Gasteiger partial charge in [0.05, 0.1) is 12.4 Å². The third-order valence-corrected chi connectivity index (χ3v) is 2.74. The number of nitrogens with zero attached hydrogens (tertiary/aromatic N) is 2. The van der Waals surface area contributed by atoms with E-state index in [9.17, 15) is 9.59 Å². The Bertz CT molecular complexity index is 462. The second kappa shape index (κ2) is 5.83. The smallest absolute Gasteiger partial charge is 0.356 e. The predicted molar refractivity (Wildman–Crippen MR) is 69.6 cm³/mol. The molecule has 1 heterocycles. The summed E-state index contributed by atoms with van der Waals surface area (Å²) in [4.78, 5) is 26.1. The fourth-order valence-electron chi connectivity index (χ4n) is 1.40. The van der Waals surface area contributed by atoms with Crippen LogP contribution in [0.25, 0.3) is 0 Å². The van der Waals surface area contributed by atoms with Crippen molar-refractivity contribution in [2.45, 2.75) is 33.4 Å². The molecule has 0 saturated carbocycles. The zero-order valence-electron chi connectivity index (χ0n) is 11.4. The number of carbonyl (C=O) groups excluding carboxylic acids is 1. The normalized spacial score (nSPS) is 13.1. The second-order valence-electron chi connectivity index (χ2n) is 5.44. The van der Waals surface area contributed by atoms with Gasteiger partial charge in [-0.25, -0.2) is 9.78 Å². The van der Waals surface area contributed by atoms with E-state index in [0.717, 1.165) is 0 Å². The number of carboxylic acids is 1. The Morgan fingerprint density at radius 3 is 2.63 bits per heavy atom. The van der Waals surface area contributed by atoms with Crippen molar-refractivity contribution in [1.29, 1.82) is 0 Å². The summed E-state index contributed by atoms with van der Waals surface area (Å²) in [6.45, 7) is 6.51. The van der Waals surface area contributed by atoms with Crippen LogP contribution in [-0.2, 0) is 11.3 Å². The first-order valence-electron chi connectivity index (χ1n) is 6.00. The third kappa shape index (κ3) is 4.36. The zero-order valence-corrected chi connectivity index (χ0v) is 11.4. The number of aromatic carboxylic acids is 1. The van der Waals surface area contributed by atoms with Crippen LogP contribution >= 0.6 is 0 Å². The topological polar surface area (TPSA) is 110 Å². The Kier molecular flexibility index (Phi) is 4.66. The van der Waals surface area contributed by atoms with E-state index in [1.807, 2.05) is 20.8 Å². The first kappa shape index (κ1) is 15.2. The summed E-state index contributed by atoms with van der Waals surface area (Å²) in [5, 5.41) is 11.4. The highest BCUT2D eigenvalue weighted by Crippen LogP contribution is 2.16. The van der Waals surface area contributed by atoms with E-state index in [2.05, 4.69) is 10.3 Å². The molecule has 0 aromatic carbocycles. The molecule has 1 atom stereocenters. The average Bonchev–Trinajstić information content (AvgIpc) is 2.75. The van der Waals surface area contributed by atoms with Crippen LogP contribution < -0.4 is 11.1 Å². The zero-order chi connectivity index (χ0) is 14.6. The molecule has 0 fully saturated rings. The minimum Gasteiger partial charge on any atom is -0.476 e. The fourth-order valence-corrected chi connectivity index (χ4v) is 1.40. The van der Waals surface area contributed by atoms with Crippen LogP contribution in [-0.4, -0.2) is 39.1 Å². The van der Waals surface area contributed by atoms with Gasteiger partial charge in [0.1, 0.15) is 0 Å². The lowest BCUT2D eigenvalue weighted by molar-refractivity contribution is -0.124. The molecule has 0 aliphatic heterocycles. The number of aromatic nitrogens is 2. The summed E-state index contributed by atoms with van der Waals surface area (Å²) in [7, 11) is 0. The molecule has 0 saturated heterocycles. The third-order valence-electron chi connectivity index (χ3n) is 2.74. The predicted octanol–water partition coefficient (Wildman–Crippen LogP) is 0.0709. The van der Waals surface area contributed by atoms with Crippen molar-refractivity contribution >= 4 is 11.9 Å². The number of hydrogen-bond donors (Lipinski definition) is 3. The van der Waals surface area contributed by atoms with Crippen molar-refractivity contribution in [3.63, 3.8) is 0 Å². The van der Waals surface area contributed by atoms with E-state index >= 15 is 0 Å². The number of nitrogens with two attached hydrogens (primary N) is 1. The molecule has 1 unspecified atom stereocenters. The molecule has 106 valence electrons. The number of amides is 1. The minimum atomic E-state index is -1.07. The first-order valence-corrected chi connectivity index (χ1v) is 6.00. The van der Waals surface area contributed by atoms with Crippen LogP contribution in [0.5, 0.6) is 0 Å². The van der Waals surface area contributed by atoms with Crippen LogP contribution in [0, 0.1) is 5.41 Å². The van der Waals surface area contributed by atoms with Gasteiger partial charge in [0, 0.05) is 19.3 Å². The monoisotopic (exact) mass is 268 g/mol. The summed E-state index contributed by atoms with van der Waals surface area (Å²) in [6, 6.07) is -0.579. The van der Waals surface area contributed by atoms with E-state index < -0.39 is 12.0 Å². The quantitative estimate of drug-likeness (QED) is 0.700. The molecule has 0 radical (unpaired) electrons. The van der Waals surface area contributed by atoms with Gasteiger partial charge < -0.3 is 20.7 Å². The van der Waals surface area contributed by atoms with Crippen molar-refractivity contribution in [1.82, 2.24) is 14.9 Å². The summed E-state index contributed by atoms with van der Waals surface area (Å²) in [6.07, 6.45) is 2.83. The van der Waals surface area contributed by atoms with Crippen molar-refractivity contribution in [2.24, 2.45) is 11.1 Å². The van der Waals surface area contributed by atoms with Crippen molar-refractivity contribution in [3.05, 3.63) is 18.2 Å². The average molecular weight is 268 g/mol. The van der Waals surface area contributed by atoms with Crippen LogP contribution in [0.15, 0.2) is 12.5 Å². The number of carboxylic acid groups (broad SMARTS) is 1. The van der Waals surface area contributed by atoms with E-state index in [1.54, 1.807) is 4.57 Å². The molecule has 0 bridgehead atoms. The van der Waals surface area contributed by atoms with Gasteiger partial charge in [-0.3, -0.25) is 4.79 Å². The van der Waals surface area contributed by atoms with Crippen molar-refractivity contribution < 1.29 is 14.7 Å². The van der Waals surface area contributed by atoms with Gasteiger partial charge in [0.2, 0.25) is 5.91 Å². The molecular formula is C12H20N4O3. The summed E-state index contributed by atoms with van der Waals surface area (Å²) in [5.74, 6) is -1.29. The van der Waals surface area contributed by atoms with Gasteiger partial charge >= 0.3 is 5.97 Å². The standard InChI is InChI=1S/C12H20N4O3/c1-12(2,3)9(13)10(17)14-4-5-16-6-8(11(18)19)15-7-16/h6-7,9H,4-5,13H2,1-3H3,(H,14,17)(H,18,19). The van der Waals surface area contributed by atoms with Gasteiger partial charge in [-0.05, 0) is 5.41 Å². The molecule has 1 aromatic heterocycles. The van der Waals surface area contributed by atoms with Gasteiger partial charge in [-0.15, -0.1) is 0 Å².